The van der Waals surface area contributed by atoms with E-state index in [9.17, 15) is 9.59 Å². The van der Waals surface area contributed by atoms with Crippen LogP contribution < -0.4 is 10.2 Å². The molecule has 3 aromatic rings. The van der Waals surface area contributed by atoms with E-state index >= 15 is 0 Å². The number of carbonyl (C=O) groups excluding carboxylic acids is 2. The third-order valence-corrected chi connectivity index (χ3v) is 5.19. The average Bonchev–Trinajstić information content (AvgIpc) is 3.31. The van der Waals surface area contributed by atoms with Crippen LogP contribution in [0, 0.1) is 13.8 Å². The largest absolute Gasteiger partial charge is 0.465 e. The van der Waals surface area contributed by atoms with Gasteiger partial charge in [0, 0.05) is 49.6 Å². The molecule has 0 saturated carbocycles. The number of piperazine rings is 1. The van der Waals surface area contributed by atoms with Crippen molar-refractivity contribution in [1.29, 1.82) is 0 Å². The first-order valence-electron chi connectivity index (χ1n) is 10.5. The standard InChI is InChI=1S/C24H25N5O3/c1-17-15-22(26-18(2)25-17)28-10-12-29(13-11-28)24(31)21(16-20-9-6-14-32-20)27-23(30)19-7-4-3-5-8-19/h3-9,14-16H,10-13H2,1-2H3,(H,27,30). The summed E-state index contributed by atoms with van der Waals surface area (Å²) in [5, 5.41) is 2.76. The van der Waals surface area contributed by atoms with E-state index in [2.05, 4.69) is 20.2 Å². The van der Waals surface area contributed by atoms with Gasteiger partial charge in [0.25, 0.3) is 11.8 Å². The fourth-order valence-electron chi connectivity index (χ4n) is 3.62. The second-order valence-corrected chi connectivity index (χ2v) is 7.59. The molecule has 8 nitrogen and oxygen atoms in total. The van der Waals surface area contributed by atoms with Crippen LogP contribution in [0.2, 0.25) is 0 Å². The maximum atomic E-state index is 13.3. The maximum Gasteiger partial charge on any atom is 0.270 e. The summed E-state index contributed by atoms with van der Waals surface area (Å²) in [6.45, 7) is 6.12. The minimum Gasteiger partial charge on any atom is -0.465 e. The highest BCUT2D eigenvalue weighted by atomic mass is 16.3. The van der Waals surface area contributed by atoms with Crippen LogP contribution in [-0.2, 0) is 4.79 Å². The molecular weight excluding hydrogens is 406 g/mol. The number of hydrogen-bond acceptors (Lipinski definition) is 6. The van der Waals surface area contributed by atoms with E-state index in [1.165, 1.54) is 6.26 Å². The molecule has 1 saturated heterocycles. The molecule has 1 aliphatic rings. The molecule has 4 rings (SSSR count). The molecule has 0 unspecified atom stereocenters. The number of nitrogens with zero attached hydrogens (tertiary/aromatic N) is 4. The Labute approximate surface area is 186 Å². The lowest BCUT2D eigenvalue weighted by molar-refractivity contribution is -0.127. The van der Waals surface area contributed by atoms with Crippen LogP contribution in [-0.4, -0.2) is 52.9 Å². The molecule has 32 heavy (non-hydrogen) atoms. The van der Waals surface area contributed by atoms with Crippen LogP contribution >= 0.6 is 0 Å². The molecule has 0 atom stereocenters. The Bertz CT molecular complexity index is 1100. The van der Waals surface area contributed by atoms with Gasteiger partial charge in [-0.2, -0.15) is 0 Å². The van der Waals surface area contributed by atoms with Gasteiger partial charge in [-0.3, -0.25) is 9.59 Å². The molecule has 1 aliphatic heterocycles. The number of aromatic nitrogens is 2. The van der Waals surface area contributed by atoms with Gasteiger partial charge in [-0.25, -0.2) is 9.97 Å². The molecular formula is C24H25N5O3. The SMILES string of the molecule is Cc1cc(N2CCN(C(=O)C(=Cc3ccco3)NC(=O)c3ccccc3)CC2)nc(C)n1. The van der Waals surface area contributed by atoms with Gasteiger partial charge >= 0.3 is 0 Å². The molecule has 0 bridgehead atoms. The third kappa shape index (κ3) is 5.03. The summed E-state index contributed by atoms with van der Waals surface area (Å²) in [7, 11) is 0. The van der Waals surface area contributed by atoms with Crippen molar-refractivity contribution < 1.29 is 14.0 Å². The number of amides is 2. The zero-order valence-corrected chi connectivity index (χ0v) is 18.1. The van der Waals surface area contributed by atoms with Crippen molar-refractivity contribution in [2.45, 2.75) is 13.8 Å². The van der Waals surface area contributed by atoms with Crippen molar-refractivity contribution in [3.05, 3.63) is 83.3 Å². The fraction of sp³-hybridized carbons (Fsp3) is 0.250. The van der Waals surface area contributed by atoms with Crippen LogP contribution in [0.25, 0.3) is 6.08 Å². The van der Waals surface area contributed by atoms with E-state index in [0.29, 0.717) is 37.5 Å². The molecule has 3 heterocycles. The summed E-state index contributed by atoms with van der Waals surface area (Å²) >= 11 is 0. The number of hydrogen-bond donors (Lipinski definition) is 1. The number of benzene rings is 1. The van der Waals surface area contributed by atoms with Crippen molar-refractivity contribution in [3.63, 3.8) is 0 Å². The highest BCUT2D eigenvalue weighted by molar-refractivity contribution is 6.05. The predicted molar refractivity (Wildman–Crippen MR) is 121 cm³/mol. The molecule has 1 fully saturated rings. The van der Waals surface area contributed by atoms with Crippen molar-refractivity contribution in [1.82, 2.24) is 20.2 Å². The normalized spacial score (nSPS) is 14.4. The van der Waals surface area contributed by atoms with Crippen molar-refractivity contribution in [2.24, 2.45) is 0 Å². The fourth-order valence-corrected chi connectivity index (χ4v) is 3.62. The van der Waals surface area contributed by atoms with E-state index in [1.54, 1.807) is 47.4 Å². The van der Waals surface area contributed by atoms with Crippen LogP contribution in [0.4, 0.5) is 5.82 Å². The van der Waals surface area contributed by atoms with Crippen molar-refractivity contribution in [2.75, 3.05) is 31.1 Å². The second kappa shape index (κ2) is 9.47. The van der Waals surface area contributed by atoms with Gasteiger partial charge in [0.1, 0.15) is 23.1 Å². The van der Waals surface area contributed by atoms with Gasteiger partial charge in [0.15, 0.2) is 0 Å². The topological polar surface area (TPSA) is 91.6 Å². The average molecular weight is 431 g/mol. The zero-order chi connectivity index (χ0) is 22.5. The monoisotopic (exact) mass is 431 g/mol. The van der Waals surface area contributed by atoms with E-state index in [1.807, 2.05) is 26.0 Å². The molecule has 2 amide bonds. The van der Waals surface area contributed by atoms with Crippen LogP contribution in [0.5, 0.6) is 0 Å². The van der Waals surface area contributed by atoms with Gasteiger partial charge < -0.3 is 19.5 Å². The Kier molecular flexibility index (Phi) is 6.30. The molecule has 1 aromatic carbocycles. The second-order valence-electron chi connectivity index (χ2n) is 7.59. The maximum absolute atomic E-state index is 13.3. The molecule has 2 aromatic heterocycles. The van der Waals surface area contributed by atoms with Crippen molar-refractivity contribution >= 4 is 23.7 Å². The molecule has 164 valence electrons. The molecule has 0 spiro atoms. The number of nitrogens with one attached hydrogen (secondary N) is 1. The summed E-state index contributed by atoms with van der Waals surface area (Å²) in [4.78, 5) is 38.7. The van der Waals surface area contributed by atoms with Gasteiger partial charge in [0.2, 0.25) is 0 Å². The Morgan fingerprint density at radius 1 is 1.00 bits per heavy atom. The van der Waals surface area contributed by atoms with E-state index in [4.69, 9.17) is 4.42 Å². The first-order valence-corrected chi connectivity index (χ1v) is 10.5. The predicted octanol–water partition coefficient (Wildman–Crippen LogP) is 2.81. The van der Waals surface area contributed by atoms with Crippen LogP contribution in [0.1, 0.15) is 27.6 Å². The molecule has 0 aliphatic carbocycles. The highest BCUT2D eigenvalue weighted by Gasteiger charge is 2.26. The van der Waals surface area contributed by atoms with Gasteiger partial charge in [-0.1, -0.05) is 18.2 Å². The highest BCUT2D eigenvalue weighted by Crippen LogP contribution is 2.17. The van der Waals surface area contributed by atoms with Gasteiger partial charge in [0.05, 0.1) is 6.26 Å². The van der Waals surface area contributed by atoms with E-state index in [0.717, 1.165) is 17.3 Å². The van der Waals surface area contributed by atoms with Crippen molar-refractivity contribution in [3.8, 4) is 0 Å². The number of rotatable bonds is 5. The first-order chi connectivity index (χ1) is 15.5. The Morgan fingerprint density at radius 2 is 1.75 bits per heavy atom. The van der Waals surface area contributed by atoms with Gasteiger partial charge in [-0.05, 0) is 38.1 Å². The lowest BCUT2D eigenvalue weighted by Crippen LogP contribution is -2.50. The minimum absolute atomic E-state index is 0.177. The number of furan rings is 1. The Balaban J connectivity index is 1.48. The summed E-state index contributed by atoms with van der Waals surface area (Å²) in [6.07, 6.45) is 3.09. The van der Waals surface area contributed by atoms with Gasteiger partial charge in [-0.15, -0.1) is 0 Å². The van der Waals surface area contributed by atoms with Crippen LogP contribution in [0.15, 0.2) is 64.9 Å². The minimum atomic E-state index is -0.345. The number of anilines is 1. The zero-order valence-electron chi connectivity index (χ0n) is 18.1. The molecule has 8 heteroatoms. The smallest absolute Gasteiger partial charge is 0.270 e. The Morgan fingerprint density at radius 3 is 2.41 bits per heavy atom. The van der Waals surface area contributed by atoms with Crippen LogP contribution in [0.3, 0.4) is 0 Å². The van der Waals surface area contributed by atoms with E-state index in [-0.39, 0.29) is 17.5 Å². The number of aryl methyl sites for hydroxylation is 2. The summed E-state index contributed by atoms with van der Waals surface area (Å²) in [5.41, 5.74) is 1.57. The third-order valence-electron chi connectivity index (χ3n) is 5.19. The summed E-state index contributed by atoms with van der Waals surface area (Å²) in [6, 6.07) is 14.2. The quantitative estimate of drug-likeness (QED) is 0.625. The lowest BCUT2D eigenvalue weighted by atomic mass is 10.2. The molecule has 0 radical (unpaired) electrons. The first kappa shape index (κ1) is 21.3. The summed E-state index contributed by atoms with van der Waals surface area (Å²) in [5.74, 6) is 1.49. The Hall–Kier alpha value is -3.94. The lowest BCUT2D eigenvalue weighted by Gasteiger charge is -2.36. The van der Waals surface area contributed by atoms with E-state index < -0.39 is 0 Å². The summed E-state index contributed by atoms with van der Waals surface area (Å²) < 4.78 is 5.37. The molecule has 1 N–H and O–H groups in total. The number of carbonyl (C=O) groups is 2.